The van der Waals surface area contributed by atoms with Gasteiger partial charge in [-0.05, 0) is 5.92 Å². The minimum Gasteiger partial charge on any atom is -0.383 e. The summed E-state index contributed by atoms with van der Waals surface area (Å²) >= 11 is 0. The Balaban J connectivity index is 2.25. The van der Waals surface area contributed by atoms with Crippen molar-refractivity contribution in [3.63, 3.8) is 0 Å². The number of nitrogens with one attached hydrogen (secondary N) is 3. The van der Waals surface area contributed by atoms with Crippen LogP contribution in [-0.4, -0.2) is 28.8 Å². The summed E-state index contributed by atoms with van der Waals surface area (Å²) in [5.41, 5.74) is 6.31. The maximum atomic E-state index is 12.0. The zero-order valence-corrected chi connectivity index (χ0v) is 10.7. The molecule has 0 fully saturated rings. The topological polar surface area (TPSA) is 130 Å². The lowest BCUT2D eigenvalue weighted by Crippen LogP contribution is -2.14. The smallest absolute Gasteiger partial charge is 0.268 e. The van der Waals surface area contributed by atoms with Gasteiger partial charge in [0.05, 0.1) is 6.20 Å². The van der Waals surface area contributed by atoms with E-state index >= 15 is 0 Å². The van der Waals surface area contributed by atoms with Crippen LogP contribution in [0.5, 0.6) is 0 Å². The number of H-pyrrole nitrogens is 2. The van der Waals surface area contributed by atoms with Gasteiger partial charge in [0.1, 0.15) is 10.7 Å². The van der Waals surface area contributed by atoms with E-state index < -0.39 is 10.0 Å². The van der Waals surface area contributed by atoms with Gasteiger partial charge in [-0.3, -0.25) is 14.9 Å². The summed E-state index contributed by atoms with van der Waals surface area (Å²) in [7, 11) is -3.76. The molecule has 98 valence electrons. The molecule has 0 radical (unpaired) electrons. The van der Waals surface area contributed by atoms with E-state index in [-0.39, 0.29) is 22.4 Å². The van der Waals surface area contributed by atoms with Crippen LogP contribution in [0.15, 0.2) is 17.2 Å². The van der Waals surface area contributed by atoms with Gasteiger partial charge in [-0.15, -0.1) is 0 Å². The highest BCUT2D eigenvalue weighted by molar-refractivity contribution is 7.92. The monoisotopic (exact) mass is 270 g/mol. The molecule has 0 atom stereocenters. The highest BCUT2D eigenvalue weighted by atomic mass is 32.2. The summed E-state index contributed by atoms with van der Waals surface area (Å²) in [6.07, 6.45) is 1.15. The first-order valence-electron chi connectivity index (χ1n) is 5.27. The molecule has 2 aromatic rings. The third kappa shape index (κ3) is 2.30. The lowest BCUT2D eigenvalue weighted by atomic mass is 10.1. The van der Waals surface area contributed by atoms with Crippen LogP contribution >= 0.6 is 0 Å². The van der Waals surface area contributed by atoms with Crippen molar-refractivity contribution in [3.05, 3.63) is 18.0 Å². The second kappa shape index (κ2) is 4.33. The predicted octanol–water partition coefficient (Wildman–Crippen LogP) is 0.639. The van der Waals surface area contributed by atoms with Crippen LogP contribution in [0.4, 0.5) is 11.6 Å². The Morgan fingerprint density at radius 2 is 2.11 bits per heavy atom. The van der Waals surface area contributed by atoms with Gasteiger partial charge in [0.25, 0.3) is 10.0 Å². The van der Waals surface area contributed by atoms with Crippen molar-refractivity contribution in [2.45, 2.75) is 24.7 Å². The van der Waals surface area contributed by atoms with Crippen molar-refractivity contribution in [1.29, 1.82) is 0 Å². The second-order valence-electron chi connectivity index (χ2n) is 4.12. The number of anilines is 2. The largest absolute Gasteiger partial charge is 0.383 e. The molecule has 0 aliphatic heterocycles. The van der Waals surface area contributed by atoms with Crippen molar-refractivity contribution in [3.8, 4) is 0 Å². The Kier molecular flexibility index (Phi) is 2.99. The molecular formula is C9H14N6O2S. The second-order valence-corrected chi connectivity index (χ2v) is 5.77. The highest BCUT2D eigenvalue weighted by Gasteiger charge is 2.20. The van der Waals surface area contributed by atoms with E-state index in [2.05, 4.69) is 25.1 Å². The molecule has 0 aromatic carbocycles. The van der Waals surface area contributed by atoms with Crippen molar-refractivity contribution in [1.82, 2.24) is 20.4 Å². The number of hydrogen-bond donors (Lipinski definition) is 4. The van der Waals surface area contributed by atoms with Gasteiger partial charge in [0, 0.05) is 11.8 Å². The molecule has 8 nitrogen and oxygen atoms in total. The fourth-order valence-corrected chi connectivity index (χ4v) is 2.39. The van der Waals surface area contributed by atoms with E-state index in [0.717, 1.165) is 11.9 Å². The maximum Gasteiger partial charge on any atom is 0.268 e. The van der Waals surface area contributed by atoms with Gasteiger partial charge >= 0.3 is 0 Å². The molecule has 2 heterocycles. The summed E-state index contributed by atoms with van der Waals surface area (Å²) in [5.74, 6) is 0.441. The molecule has 0 unspecified atom stereocenters. The van der Waals surface area contributed by atoms with Crippen LogP contribution in [0.1, 0.15) is 25.5 Å². The zero-order valence-electron chi connectivity index (χ0n) is 9.93. The number of nitrogens with two attached hydrogens (primary N) is 1. The summed E-state index contributed by atoms with van der Waals surface area (Å²) in [6.45, 7) is 3.94. The summed E-state index contributed by atoms with van der Waals surface area (Å²) in [5, 5.41) is 12.6. The van der Waals surface area contributed by atoms with Gasteiger partial charge in [-0.2, -0.15) is 10.2 Å². The van der Waals surface area contributed by atoms with Crippen molar-refractivity contribution < 1.29 is 8.42 Å². The lowest BCUT2D eigenvalue weighted by molar-refractivity contribution is 0.601. The normalized spacial score (nSPS) is 11.9. The SMILES string of the molecule is CC(C)c1cc(NS(=O)(=O)c2cn[nH]c2N)n[nH]1. The first kappa shape index (κ1) is 12.4. The molecule has 5 N–H and O–H groups in total. The molecule has 18 heavy (non-hydrogen) atoms. The summed E-state index contributed by atoms with van der Waals surface area (Å²) < 4.78 is 26.2. The quantitative estimate of drug-likeness (QED) is 0.647. The van der Waals surface area contributed by atoms with E-state index in [1.807, 2.05) is 13.8 Å². The van der Waals surface area contributed by atoms with Crippen LogP contribution < -0.4 is 10.5 Å². The minimum absolute atomic E-state index is 0.0119. The number of hydrogen-bond acceptors (Lipinski definition) is 5. The van der Waals surface area contributed by atoms with Crippen molar-refractivity contribution in [2.24, 2.45) is 0 Å². The Morgan fingerprint density at radius 1 is 1.39 bits per heavy atom. The third-order valence-corrected chi connectivity index (χ3v) is 3.76. The summed E-state index contributed by atoms with van der Waals surface area (Å²) in [4.78, 5) is -0.100. The molecule has 0 saturated heterocycles. The highest BCUT2D eigenvalue weighted by Crippen LogP contribution is 2.20. The third-order valence-electron chi connectivity index (χ3n) is 2.38. The lowest BCUT2D eigenvalue weighted by Gasteiger charge is -2.03. The van der Waals surface area contributed by atoms with Crippen LogP contribution in [-0.2, 0) is 10.0 Å². The van der Waals surface area contributed by atoms with Crippen molar-refractivity contribution in [2.75, 3.05) is 10.5 Å². The van der Waals surface area contributed by atoms with E-state index in [1.165, 1.54) is 0 Å². The van der Waals surface area contributed by atoms with Gasteiger partial charge in [0.2, 0.25) is 0 Å². The number of rotatable bonds is 4. The number of sulfonamides is 1. The molecule has 0 aliphatic rings. The van der Waals surface area contributed by atoms with Crippen LogP contribution in [0.2, 0.25) is 0 Å². The number of aromatic nitrogens is 4. The minimum atomic E-state index is -3.76. The maximum absolute atomic E-state index is 12.0. The molecule has 0 bridgehead atoms. The Labute approximate surface area is 104 Å². The zero-order chi connectivity index (χ0) is 13.3. The fraction of sp³-hybridized carbons (Fsp3) is 0.333. The molecule has 0 aliphatic carbocycles. The predicted molar refractivity (Wildman–Crippen MR) is 66.5 cm³/mol. The van der Waals surface area contributed by atoms with E-state index in [9.17, 15) is 8.42 Å². The number of aromatic amines is 2. The van der Waals surface area contributed by atoms with Crippen molar-refractivity contribution >= 4 is 21.7 Å². The number of nitrogens with zero attached hydrogens (tertiary/aromatic N) is 2. The average molecular weight is 270 g/mol. The first-order chi connectivity index (χ1) is 8.40. The van der Waals surface area contributed by atoms with Gasteiger partial charge in [-0.1, -0.05) is 13.8 Å². The van der Waals surface area contributed by atoms with Crippen LogP contribution in [0, 0.1) is 0 Å². The van der Waals surface area contributed by atoms with Gasteiger partial charge in [-0.25, -0.2) is 8.42 Å². The van der Waals surface area contributed by atoms with E-state index in [4.69, 9.17) is 5.73 Å². The molecule has 2 aromatic heterocycles. The standard InChI is InChI=1S/C9H14N6O2S/c1-5(2)6-3-8(13-12-6)15-18(16,17)7-4-11-14-9(7)10/h3-5H,1-2H3,(H3,10,11,14)(H2,12,13,15). The molecule has 0 amide bonds. The number of nitrogen functional groups attached to an aromatic ring is 1. The fourth-order valence-electron chi connectivity index (χ4n) is 1.38. The van der Waals surface area contributed by atoms with Gasteiger partial charge in [0.15, 0.2) is 5.82 Å². The molecule has 9 heteroatoms. The van der Waals surface area contributed by atoms with E-state index in [1.54, 1.807) is 6.07 Å². The summed E-state index contributed by atoms with van der Waals surface area (Å²) in [6, 6.07) is 1.64. The van der Waals surface area contributed by atoms with Gasteiger partial charge < -0.3 is 5.73 Å². The Hall–Kier alpha value is -2.03. The van der Waals surface area contributed by atoms with Crippen LogP contribution in [0.3, 0.4) is 0 Å². The Morgan fingerprint density at radius 3 is 2.61 bits per heavy atom. The molecular weight excluding hydrogens is 256 g/mol. The van der Waals surface area contributed by atoms with Crippen LogP contribution in [0.25, 0.3) is 0 Å². The molecule has 0 spiro atoms. The Bertz CT molecular complexity index is 642. The molecule has 2 rings (SSSR count). The average Bonchev–Trinajstić information content (AvgIpc) is 2.86. The first-order valence-corrected chi connectivity index (χ1v) is 6.75. The van der Waals surface area contributed by atoms with E-state index in [0.29, 0.717) is 0 Å². The molecule has 0 saturated carbocycles.